The molecule has 3 aromatic rings. The number of para-hydroxylation sites is 1. The number of carbonyl (C=O) groups excluding carboxylic acids is 2. The van der Waals surface area contributed by atoms with Crippen molar-refractivity contribution in [1.82, 2.24) is 14.7 Å². The lowest BCUT2D eigenvalue weighted by Crippen LogP contribution is -2.48. The van der Waals surface area contributed by atoms with Gasteiger partial charge < -0.3 is 15.7 Å². The molecule has 1 aromatic heterocycles. The van der Waals surface area contributed by atoms with Crippen molar-refractivity contribution in [2.75, 3.05) is 0 Å². The molecule has 2 heterocycles. The molecule has 0 aliphatic carbocycles. The molecule has 2 amide bonds. The summed E-state index contributed by atoms with van der Waals surface area (Å²) < 4.78 is 1.29. The first kappa shape index (κ1) is 18.4. The van der Waals surface area contributed by atoms with Crippen molar-refractivity contribution in [1.29, 1.82) is 0 Å². The van der Waals surface area contributed by atoms with Crippen LogP contribution in [-0.2, 0) is 17.8 Å². The van der Waals surface area contributed by atoms with Crippen LogP contribution in [0.3, 0.4) is 0 Å². The molecule has 0 unspecified atom stereocenters. The van der Waals surface area contributed by atoms with Gasteiger partial charge >= 0.3 is 5.97 Å². The quantitative estimate of drug-likeness (QED) is 0.702. The van der Waals surface area contributed by atoms with E-state index in [1.165, 1.54) is 15.6 Å². The average molecular weight is 390 g/mol. The smallest absolute Gasteiger partial charge is 0.326 e. The van der Waals surface area contributed by atoms with Gasteiger partial charge in [-0.2, -0.15) is 5.10 Å². The molecule has 0 fully saturated rings. The number of carboxylic acid groups (broad SMARTS) is 1. The van der Waals surface area contributed by atoms with Gasteiger partial charge in [-0.1, -0.05) is 42.5 Å². The summed E-state index contributed by atoms with van der Waals surface area (Å²) in [5.74, 6) is -2.39. The van der Waals surface area contributed by atoms with E-state index < -0.39 is 23.8 Å². The molecular weight excluding hydrogens is 372 g/mol. The molecule has 0 saturated heterocycles. The SMILES string of the molecule is NC(=O)c1cc(C(=O)N2Cc3ccccc3C[C@@H]2C(=O)O)nn1-c1ccccc1. The first-order chi connectivity index (χ1) is 14.0. The predicted octanol–water partition coefficient (Wildman–Crippen LogP) is 1.62. The summed E-state index contributed by atoms with van der Waals surface area (Å²) in [6, 6.07) is 16.5. The number of amides is 2. The van der Waals surface area contributed by atoms with Crippen molar-refractivity contribution in [2.45, 2.75) is 19.0 Å². The van der Waals surface area contributed by atoms with Crippen LogP contribution in [0.1, 0.15) is 32.1 Å². The topological polar surface area (TPSA) is 119 Å². The Kier molecular flexibility index (Phi) is 4.59. The predicted molar refractivity (Wildman–Crippen MR) is 104 cm³/mol. The van der Waals surface area contributed by atoms with E-state index in [4.69, 9.17) is 5.73 Å². The molecule has 0 spiro atoms. The molecular formula is C21H18N4O4. The molecule has 3 N–H and O–H groups in total. The van der Waals surface area contributed by atoms with Crippen LogP contribution in [0.2, 0.25) is 0 Å². The number of carboxylic acids is 1. The highest BCUT2D eigenvalue weighted by Crippen LogP contribution is 2.25. The lowest BCUT2D eigenvalue weighted by Gasteiger charge is -2.34. The summed E-state index contributed by atoms with van der Waals surface area (Å²) in [6.45, 7) is 0.149. The second kappa shape index (κ2) is 7.23. The van der Waals surface area contributed by atoms with Crippen molar-refractivity contribution in [3.05, 3.63) is 83.2 Å². The van der Waals surface area contributed by atoms with E-state index >= 15 is 0 Å². The van der Waals surface area contributed by atoms with E-state index in [-0.39, 0.29) is 24.4 Å². The number of fused-ring (bicyclic) bond motifs is 1. The number of aromatic nitrogens is 2. The van der Waals surface area contributed by atoms with Crippen molar-refractivity contribution < 1.29 is 19.5 Å². The standard InChI is InChI=1S/C21H18N4O4/c22-19(26)17-11-16(23-25(17)15-8-2-1-3-9-15)20(27)24-12-14-7-5-4-6-13(14)10-18(24)21(28)29/h1-9,11,18H,10,12H2,(H2,22,26)(H,28,29)/t18-/m1/s1. The number of nitrogens with zero attached hydrogens (tertiary/aromatic N) is 3. The monoisotopic (exact) mass is 390 g/mol. The van der Waals surface area contributed by atoms with Crippen LogP contribution in [0.15, 0.2) is 60.7 Å². The van der Waals surface area contributed by atoms with E-state index in [1.54, 1.807) is 24.3 Å². The maximum absolute atomic E-state index is 13.2. The maximum Gasteiger partial charge on any atom is 0.326 e. The normalized spacial score (nSPS) is 15.6. The van der Waals surface area contributed by atoms with Crippen molar-refractivity contribution in [3.8, 4) is 5.69 Å². The summed E-state index contributed by atoms with van der Waals surface area (Å²) in [5.41, 5.74) is 7.83. The van der Waals surface area contributed by atoms with Gasteiger partial charge in [0.15, 0.2) is 5.69 Å². The third-order valence-electron chi connectivity index (χ3n) is 4.98. The summed E-state index contributed by atoms with van der Waals surface area (Å²) in [7, 11) is 0. The highest BCUT2D eigenvalue weighted by molar-refractivity contribution is 5.99. The second-order valence-electron chi connectivity index (χ2n) is 6.79. The third kappa shape index (κ3) is 3.36. The first-order valence-electron chi connectivity index (χ1n) is 9.01. The number of benzene rings is 2. The van der Waals surface area contributed by atoms with Crippen LogP contribution in [-0.4, -0.2) is 43.6 Å². The minimum atomic E-state index is -1.09. The summed E-state index contributed by atoms with van der Waals surface area (Å²) in [4.78, 5) is 38.2. The number of hydrogen-bond acceptors (Lipinski definition) is 4. The molecule has 0 saturated carbocycles. The molecule has 1 atom stereocenters. The fourth-order valence-corrected chi connectivity index (χ4v) is 3.53. The van der Waals surface area contributed by atoms with Crippen LogP contribution < -0.4 is 5.73 Å². The van der Waals surface area contributed by atoms with Gasteiger partial charge in [-0.3, -0.25) is 9.59 Å². The Hall–Kier alpha value is -3.94. The molecule has 1 aliphatic heterocycles. The third-order valence-corrected chi connectivity index (χ3v) is 4.98. The van der Waals surface area contributed by atoms with Crippen molar-refractivity contribution in [2.24, 2.45) is 5.73 Å². The van der Waals surface area contributed by atoms with Gasteiger partial charge in [0.1, 0.15) is 11.7 Å². The first-order valence-corrected chi connectivity index (χ1v) is 9.01. The number of hydrogen-bond donors (Lipinski definition) is 2. The summed E-state index contributed by atoms with van der Waals surface area (Å²) in [6.07, 6.45) is 0.208. The van der Waals surface area contributed by atoms with Gasteiger partial charge in [-0.05, 0) is 23.3 Å². The largest absolute Gasteiger partial charge is 0.480 e. The Bertz CT molecular complexity index is 1110. The van der Waals surface area contributed by atoms with Gasteiger partial charge in [-0.15, -0.1) is 0 Å². The van der Waals surface area contributed by atoms with E-state index in [0.717, 1.165) is 11.1 Å². The minimum Gasteiger partial charge on any atom is -0.480 e. The Labute approximate surface area is 166 Å². The van der Waals surface area contributed by atoms with E-state index in [1.807, 2.05) is 30.3 Å². The van der Waals surface area contributed by atoms with Gasteiger partial charge in [0.25, 0.3) is 11.8 Å². The van der Waals surface area contributed by atoms with Gasteiger partial charge in [0.05, 0.1) is 5.69 Å². The van der Waals surface area contributed by atoms with Gasteiger partial charge in [-0.25, -0.2) is 9.48 Å². The highest BCUT2D eigenvalue weighted by atomic mass is 16.4. The van der Waals surface area contributed by atoms with E-state index in [0.29, 0.717) is 5.69 Å². The van der Waals surface area contributed by atoms with Crippen molar-refractivity contribution in [3.63, 3.8) is 0 Å². The number of primary amides is 1. The number of carbonyl (C=O) groups is 3. The Morgan fingerprint density at radius 2 is 1.66 bits per heavy atom. The Morgan fingerprint density at radius 1 is 1.00 bits per heavy atom. The molecule has 8 nitrogen and oxygen atoms in total. The van der Waals surface area contributed by atoms with Crippen LogP contribution >= 0.6 is 0 Å². The van der Waals surface area contributed by atoms with E-state index in [2.05, 4.69) is 5.10 Å². The van der Waals surface area contributed by atoms with Gasteiger partial charge in [0.2, 0.25) is 0 Å². The molecule has 4 rings (SSSR count). The molecule has 0 radical (unpaired) electrons. The molecule has 1 aliphatic rings. The zero-order chi connectivity index (χ0) is 20.5. The minimum absolute atomic E-state index is 0.0340. The zero-order valence-corrected chi connectivity index (χ0v) is 15.4. The second-order valence-corrected chi connectivity index (χ2v) is 6.79. The highest BCUT2D eigenvalue weighted by Gasteiger charge is 2.36. The van der Waals surface area contributed by atoms with Crippen LogP contribution in [0, 0.1) is 0 Å². The van der Waals surface area contributed by atoms with Crippen molar-refractivity contribution >= 4 is 17.8 Å². The summed E-state index contributed by atoms with van der Waals surface area (Å²) in [5, 5.41) is 13.9. The average Bonchev–Trinajstić information content (AvgIpc) is 3.18. The number of rotatable bonds is 4. The Balaban J connectivity index is 1.74. The summed E-state index contributed by atoms with van der Waals surface area (Å²) >= 11 is 0. The molecule has 8 heteroatoms. The van der Waals surface area contributed by atoms with Gasteiger partial charge in [0, 0.05) is 19.0 Å². The molecule has 0 bridgehead atoms. The van der Waals surface area contributed by atoms with Crippen LogP contribution in [0.4, 0.5) is 0 Å². The zero-order valence-electron chi connectivity index (χ0n) is 15.4. The maximum atomic E-state index is 13.2. The number of nitrogens with two attached hydrogens (primary N) is 1. The molecule has 146 valence electrons. The Morgan fingerprint density at radius 3 is 2.31 bits per heavy atom. The van der Waals surface area contributed by atoms with Crippen LogP contribution in [0.25, 0.3) is 5.69 Å². The molecule has 29 heavy (non-hydrogen) atoms. The number of aliphatic carboxylic acids is 1. The fourth-order valence-electron chi connectivity index (χ4n) is 3.53. The van der Waals surface area contributed by atoms with Crippen LogP contribution in [0.5, 0.6) is 0 Å². The van der Waals surface area contributed by atoms with E-state index in [9.17, 15) is 19.5 Å². The lowest BCUT2D eigenvalue weighted by atomic mass is 9.93. The molecule has 2 aromatic carbocycles. The lowest BCUT2D eigenvalue weighted by molar-refractivity contribution is -0.142. The fraction of sp³-hybridized carbons (Fsp3) is 0.143.